The van der Waals surface area contributed by atoms with E-state index < -0.39 is 0 Å². The van der Waals surface area contributed by atoms with Gasteiger partial charge in [0.25, 0.3) is 0 Å². The maximum atomic E-state index is 5.65. The molecule has 96 valence electrons. The summed E-state index contributed by atoms with van der Waals surface area (Å²) in [6.07, 6.45) is 4.14. The molecule has 0 saturated carbocycles. The zero-order chi connectivity index (χ0) is 13.3. The lowest BCUT2D eigenvalue weighted by Gasteiger charge is -2.24. The Kier molecular flexibility index (Phi) is 8.38. The van der Waals surface area contributed by atoms with Crippen LogP contribution in [0.2, 0.25) is 0 Å². The maximum absolute atomic E-state index is 5.65. The van der Waals surface area contributed by atoms with Gasteiger partial charge in [-0.25, -0.2) is 0 Å². The lowest BCUT2D eigenvalue weighted by atomic mass is 10.0. The lowest BCUT2D eigenvalue weighted by Crippen LogP contribution is -2.25. The standard InChI is InChI=1S/C15H24O2/c1-7-9-16-14(12(3)4)11-15(13(5)6)17-10-8-2/h7-8,14-15H,1-3,5,9-11H2,4,6H3/t14-,15+. The zero-order valence-corrected chi connectivity index (χ0v) is 11.1. The second-order valence-electron chi connectivity index (χ2n) is 4.15. The first-order valence-electron chi connectivity index (χ1n) is 5.78. The molecule has 0 rings (SSSR count). The highest BCUT2D eigenvalue weighted by atomic mass is 16.5. The van der Waals surface area contributed by atoms with Crippen molar-refractivity contribution < 1.29 is 9.47 Å². The highest BCUT2D eigenvalue weighted by Gasteiger charge is 2.18. The Hall–Kier alpha value is -1.12. The predicted molar refractivity (Wildman–Crippen MR) is 74.1 cm³/mol. The van der Waals surface area contributed by atoms with E-state index in [0.29, 0.717) is 13.2 Å². The molecule has 0 aromatic rings. The number of rotatable bonds is 10. The second kappa shape index (κ2) is 8.97. The largest absolute Gasteiger partial charge is 0.370 e. The molecule has 0 unspecified atom stereocenters. The Balaban J connectivity index is 4.43. The molecule has 0 spiro atoms. The lowest BCUT2D eigenvalue weighted by molar-refractivity contribution is 0.0298. The minimum atomic E-state index is -0.0282. The summed E-state index contributed by atoms with van der Waals surface area (Å²) in [7, 11) is 0. The smallest absolute Gasteiger partial charge is 0.0811 e. The monoisotopic (exact) mass is 236 g/mol. The van der Waals surface area contributed by atoms with E-state index >= 15 is 0 Å². The molecule has 0 aliphatic carbocycles. The third-order valence-electron chi connectivity index (χ3n) is 2.36. The van der Waals surface area contributed by atoms with Crippen LogP contribution in [0, 0.1) is 0 Å². The molecule has 0 radical (unpaired) electrons. The Morgan fingerprint density at radius 3 is 1.53 bits per heavy atom. The summed E-state index contributed by atoms with van der Waals surface area (Å²) >= 11 is 0. The molecule has 0 bridgehead atoms. The van der Waals surface area contributed by atoms with Gasteiger partial charge in [0.05, 0.1) is 25.4 Å². The van der Waals surface area contributed by atoms with Crippen LogP contribution in [0.3, 0.4) is 0 Å². The third kappa shape index (κ3) is 6.93. The zero-order valence-electron chi connectivity index (χ0n) is 11.1. The number of hydrogen-bond acceptors (Lipinski definition) is 2. The first-order valence-corrected chi connectivity index (χ1v) is 5.78. The van der Waals surface area contributed by atoms with Gasteiger partial charge in [0, 0.05) is 6.42 Å². The van der Waals surface area contributed by atoms with Crippen molar-refractivity contribution in [3.8, 4) is 0 Å². The van der Waals surface area contributed by atoms with E-state index in [1.54, 1.807) is 12.2 Å². The number of hydrogen-bond donors (Lipinski definition) is 0. The molecule has 2 heteroatoms. The molecular weight excluding hydrogens is 212 g/mol. The Bertz CT molecular complexity index is 251. The van der Waals surface area contributed by atoms with E-state index in [9.17, 15) is 0 Å². The molecule has 0 saturated heterocycles. The van der Waals surface area contributed by atoms with Crippen LogP contribution >= 0.6 is 0 Å². The molecule has 0 fully saturated rings. The van der Waals surface area contributed by atoms with Crippen molar-refractivity contribution in [2.24, 2.45) is 0 Å². The molecule has 0 aliphatic heterocycles. The average molecular weight is 236 g/mol. The predicted octanol–water partition coefficient (Wildman–Crippen LogP) is 3.67. The SMILES string of the molecule is C=CCO[C@@H](C[C@@H](OCC=C)C(=C)C)C(=C)C. The maximum Gasteiger partial charge on any atom is 0.0811 e. The van der Waals surface area contributed by atoms with Gasteiger partial charge in [-0.2, -0.15) is 0 Å². The van der Waals surface area contributed by atoms with E-state index in [2.05, 4.69) is 26.3 Å². The van der Waals surface area contributed by atoms with Gasteiger partial charge in [-0.1, -0.05) is 36.5 Å². The fourth-order valence-corrected chi connectivity index (χ4v) is 1.39. The molecular formula is C15H24O2. The van der Waals surface area contributed by atoms with E-state index in [1.807, 2.05) is 13.8 Å². The van der Waals surface area contributed by atoms with Crippen molar-refractivity contribution in [3.05, 3.63) is 49.6 Å². The molecule has 0 aliphatic rings. The summed E-state index contributed by atoms with van der Waals surface area (Å²) in [6, 6.07) is 0. The van der Waals surface area contributed by atoms with Gasteiger partial charge in [0.1, 0.15) is 0 Å². The Labute approximate surface area is 105 Å². The van der Waals surface area contributed by atoms with Crippen LogP contribution in [-0.2, 0) is 9.47 Å². The van der Waals surface area contributed by atoms with Gasteiger partial charge in [-0.05, 0) is 13.8 Å². The quantitative estimate of drug-likeness (QED) is 0.539. The van der Waals surface area contributed by atoms with Gasteiger partial charge >= 0.3 is 0 Å². The van der Waals surface area contributed by atoms with Crippen molar-refractivity contribution >= 4 is 0 Å². The first kappa shape index (κ1) is 15.9. The molecule has 0 aromatic heterocycles. The van der Waals surface area contributed by atoms with Crippen LogP contribution in [0.1, 0.15) is 20.3 Å². The van der Waals surface area contributed by atoms with Crippen LogP contribution in [0.25, 0.3) is 0 Å². The van der Waals surface area contributed by atoms with Gasteiger partial charge in [0.15, 0.2) is 0 Å². The van der Waals surface area contributed by atoms with Crippen molar-refractivity contribution in [1.82, 2.24) is 0 Å². The molecule has 0 amide bonds. The highest BCUT2D eigenvalue weighted by molar-refractivity contribution is 5.06. The molecule has 0 N–H and O–H groups in total. The summed E-state index contributed by atoms with van der Waals surface area (Å²) in [5.41, 5.74) is 1.97. The van der Waals surface area contributed by atoms with Gasteiger partial charge in [-0.3, -0.25) is 0 Å². The first-order chi connectivity index (χ1) is 8.02. The molecule has 2 atom stereocenters. The average Bonchev–Trinajstić information content (AvgIpc) is 2.27. The van der Waals surface area contributed by atoms with Crippen molar-refractivity contribution in [2.75, 3.05) is 13.2 Å². The van der Waals surface area contributed by atoms with Crippen LogP contribution in [-0.4, -0.2) is 25.4 Å². The van der Waals surface area contributed by atoms with Crippen molar-refractivity contribution in [2.45, 2.75) is 32.5 Å². The van der Waals surface area contributed by atoms with E-state index in [0.717, 1.165) is 17.6 Å². The van der Waals surface area contributed by atoms with Crippen LogP contribution in [0.15, 0.2) is 49.6 Å². The minimum Gasteiger partial charge on any atom is -0.370 e. The molecule has 2 nitrogen and oxygen atoms in total. The topological polar surface area (TPSA) is 18.5 Å². The Morgan fingerprint density at radius 2 is 1.29 bits per heavy atom. The van der Waals surface area contributed by atoms with Gasteiger partial charge in [-0.15, -0.1) is 13.2 Å². The van der Waals surface area contributed by atoms with Crippen LogP contribution in [0.5, 0.6) is 0 Å². The van der Waals surface area contributed by atoms with E-state index in [-0.39, 0.29) is 12.2 Å². The normalized spacial score (nSPS) is 13.8. The summed E-state index contributed by atoms with van der Waals surface area (Å²) in [6.45, 7) is 20.1. The van der Waals surface area contributed by atoms with Crippen molar-refractivity contribution in [3.63, 3.8) is 0 Å². The third-order valence-corrected chi connectivity index (χ3v) is 2.36. The molecule has 0 aromatic carbocycles. The van der Waals surface area contributed by atoms with Crippen molar-refractivity contribution in [1.29, 1.82) is 0 Å². The van der Waals surface area contributed by atoms with Gasteiger partial charge < -0.3 is 9.47 Å². The highest BCUT2D eigenvalue weighted by Crippen LogP contribution is 2.18. The fourth-order valence-electron chi connectivity index (χ4n) is 1.39. The fraction of sp³-hybridized carbons (Fsp3) is 0.467. The summed E-state index contributed by atoms with van der Waals surface area (Å²) in [5, 5.41) is 0. The summed E-state index contributed by atoms with van der Waals surface area (Å²) in [4.78, 5) is 0. The van der Waals surface area contributed by atoms with Crippen LogP contribution in [0.4, 0.5) is 0 Å². The summed E-state index contributed by atoms with van der Waals surface area (Å²) in [5.74, 6) is 0. The van der Waals surface area contributed by atoms with E-state index in [4.69, 9.17) is 9.47 Å². The Morgan fingerprint density at radius 1 is 0.941 bits per heavy atom. The van der Waals surface area contributed by atoms with E-state index in [1.165, 1.54) is 0 Å². The summed E-state index contributed by atoms with van der Waals surface area (Å²) < 4.78 is 11.3. The minimum absolute atomic E-state index is 0.0282. The second-order valence-corrected chi connectivity index (χ2v) is 4.15. The van der Waals surface area contributed by atoms with Gasteiger partial charge in [0.2, 0.25) is 0 Å². The number of ether oxygens (including phenoxy) is 2. The van der Waals surface area contributed by atoms with Crippen LogP contribution < -0.4 is 0 Å². The molecule has 17 heavy (non-hydrogen) atoms. The molecule has 0 heterocycles.